The number of carbonyl (C=O) groups is 1. The summed E-state index contributed by atoms with van der Waals surface area (Å²) >= 11 is 0. The number of morpholine rings is 1. The third kappa shape index (κ3) is 4.08. The number of ether oxygens (including phenoxy) is 1. The van der Waals surface area contributed by atoms with Crippen molar-refractivity contribution >= 4 is 5.91 Å². The van der Waals surface area contributed by atoms with Crippen LogP contribution in [0.3, 0.4) is 0 Å². The number of likely N-dealkylation sites (N-methyl/N-ethyl adjacent to an activating group) is 2. The maximum atomic E-state index is 12.0. The molecule has 1 saturated heterocycles. The highest BCUT2D eigenvalue weighted by molar-refractivity contribution is 5.81. The van der Waals surface area contributed by atoms with Crippen molar-refractivity contribution in [3.8, 4) is 0 Å². The lowest BCUT2D eigenvalue weighted by Crippen LogP contribution is -2.51. The van der Waals surface area contributed by atoms with E-state index in [0.29, 0.717) is 19.7 Å². The van der Waals surface area contributed by atoms with Crippen molar-refractivity contribution in [1.82, 2.24) is 9.80 Å². The summed E-state index contributed by atoms with van der Waals surface area (Å²) in [4.78, 5) is 15.6. The average molecular weight is 230 g/mol. The Labute approximate surface area is 97.0 Å². The molecule has 94 valence electrons. The first kappa shape index (κ1) is 13.4. The van der Waals surface area contributed by atoms with Gasteiger partial charge in [0.05, 0.1) is 12.2 Å². The molecule has 1 amide bonds. The van der Waals surface area contributed by atoms with Gasteiger partial charge >= 0.3 is 0 Å². The van der Waals surface area contributed by atoms with Gasteiger partial charge in [-0.15, -0.1) is 0 Å². The summed E-state index contributed by atoms with van der Waals surface area (Å²) < 4.78 is 5.43. The van der Waals surface area contributed by atoms with Gasteiger partial charge in [-0.3, -0.25) is 4.79 Å². The lowest BCUT2D eigenvalue weighted by molar-refractivity contribution is -0.149. The number of nitrogens with zero attached hydrogens (tertiary/aromatic N) is 2. The normalized spacial score (nSPS) is 23.2. The number of aliphatic hydroxyl groups is 1. The first-order valence-corrected chi connectivity index (χ1v) is 5.57. The summed E-state index contributed by atoms with van der Waals surface area (Å²) in [5.41, 5.74) is -0.870. The molecule has 1 fully saturated rings. The molecule has 1 aliphatic rings. The van der Waals surface area contributed by atoms with Crippen LogP contribution in [-0.2, 0) is 9.53 Å². The van der Waals surface area contributed by atoms with Gasteiger partial charge in [0, 0.05) is 26.7 Å². The molecule has 0 radical (unpaired) electrons. The van der Waals surface area contributed by atoms with E-state index < -0.39 is 11.7 Å². The Hall–Kier alpha value is -0.650. The number of hydrogen-bond donors (Lipinski definition) is 1. The Morgan fingerprint density at radius 3 is 2.75 bits per heavy atom. The average Bonchev–Trinajstić information content (AvgIpc) is 2.14. The van der Waals surface area contributed by atoms with Crippen LogP contribution in [0, 0.1) is 0 Å². The highest BCUT2D eigenvalue weighted by atomic mass is 16.5. The Morgan fingerprint density at radius 1 is 1.62 bits per heavy atom. The van der Waals surface area contributed by atoms with Crippen LogP contribution in [0.4, 0.5) is 0 Å². The van der Waals surface area contributed by atoms with E-state index in [-0.39, 0.29) is 5.91 Å². The molecular formula is C11H22N2O3. The van der Waals surface area contributed by atoms with Gasteiger partial charge in [-0.2, -0.15) is 0 Å². The molecule has 1 N–H and O–H groups in total. The number of rotatable bonds is 3. The van der Waals surface area contributed by atoms with Gasteiger partial charge in [-0.25, -0.2) is 0 Å². The van der Waals surface area contributed by atoms with Gasteiger partial charge in [-0.1, -0.05) is 0 Å². The van der Waals surface area contributed by atoms with Crippen molar-refractivity contribution in [1.29, 1.82) is 0 Å². The summed E-state index contributed by atoms with van der Waals surface area (Å²) in [5, 5.41) is 9.64. The van der Waals surface area contributed by atoms with Gasteiger partial charge in [0.2, 0.25) is 0 Å². The number of amides is 1. The molecule has 1 rings (SSSR count). The summed E-state index contributed by atoms with van der Waals surface area (Å²) in [6, 6.07) is 0. The van der Waals surface area contributed by atoms with Gasteiger partial charge in [0.1, 0.15) is 6.10 Å². The van der Waals surface area contributed by atoms with Gasteiger partial charge < -0.3 is 19.6 Å². The first-order chi connectivity index (χ1) is 7.29. The zero-order valence-corrected chi connectivity index (χ0v) is 10.6. The minimum Gasteiger partial charge on any atom is -0.389 e. The minimum atomic E-state index is -0.870. The highest BCUT2D eigenvalue weighted by Crippen LogP contribution is 2.09. The highest BCUT2D eigenvalue weighted by Gasteiger charge is 2.29. The monoisotopic (exact) mass is 230 g/mol. The summed E-state index contributed by atoms with van der Waals surface area (Å²) in [5.74, 6) is -0.0614. The van der Waals surface area contributed by atoms with Crippen LogP contribution >= 0.6 is 0 Å². The SMILES string of the molecule is CN1CCOC(C(=O)N(C)CC(C)(C)O)C1. The van der Waals surface area contributed by atoms with Crippen molar-refractivity contribution in [3.05, 3.63) is 0 Å². The standard InChI is InChI=1S/C11H22N2O3/c1-11(2,15)8-13(4)10(14)9-7-12(3)5-6-16-9/h9,15H,5-8H2,1-4H3. The quantitative estimate of drug-likeness (QED) is 0.713. The molecule has 1 aliphatic heterocycles. The van der Waals surface area contributed by atoms with Crippen LogP contribution in [0.25, 0.3) is 0 Å². The Morgan fingerprint density at radius 2 is 2.25 bits per heavy atom. The molecule has 16 heavy (non-hydrogen) atoms. The topological polar surface area (TPSA) is 53.0 Å². The van der Waals surface area contributed by atoms with E-state index in [1.54, 1.807) is 20.9 Å². The molecule has 1 unspecified atom stereocenters. The lowest BCUT2D eigenvalue weighted by atomic mass is 10.1. The Balaban J connectivity index is 2.49. The lowest BCUT2D eigenvalue weighted by Gasteiger charge is -2.33. The molecule has 5 nitrogen and oxygen atoms in total. The second-order valence-corrected chi connectivity index (χ2v) is 5.13. The second-order valence-electron chi connectivity index (χ2n) is 5.13. The van der Waals surface area contributed by atoms with Crippen molar-refractivity contribution in [2.24, 2.45) is 0 Å². The van der Waals surface area contributed by atoms with E-state index in [2.05, 4.69) is 4.90 Å². The van der Waals surface area contributed by atoms with E-state index in [0.717, 1.165) is 6.54 Å². The van der Waals surface area contributed by atoms with Crippen LogP contribution in [0.1, 0.15) is 13.8 Å². The zero-order chi connectivity index (χ0) is 12.3. The van der Waals surface area contributed by atoms with Gasteiger partial charge in [0.25, 0.3) is 5.91 Å². The molecule has 0 aliphatic carbocycles. The zero-order valence-electron chi connectivity index (χ0n) is 10.6. The number of hydrogen-bond acceptors (Lipinski definition) is 4. The van der Waals surface area contributed by atoms with E-state index in [1.165, 1.54) is 4.90 Å². The maximum absolute atomic E-state index is 12.0. The fourth-order valence-electron chi connectivity index (χ4n) is 1.83. The van der Waals surface area contributed by atoms with Crippen LogP contribution in [0.15, 0.2) is 0 Å². The molecule has 0 spiro atoms. The Bertz CT molecular complexity index is 250. The molecule has 0 aromatic rings. The van der Waals surface area contributed by atoms with Crippen molar-refractivity contribution in [2.75, 3.05) is 40.3 Å². The maximum Gasteiger partial charge on any atom is 0.252 e. The summed E-state index contributed by atoms with van der Waals surface area (Å²) in [7, 11) is 3.66. The molecule has 0 aromatic carbocycles. The molecule has 1 heterocycles. The predicted molar refractivity (Wildman–Crippen MR) is 61.2 cm³/mol. The summed E-state index contributed by atoms with van der Waals surface area (Å²) in [6.07, 6.45) is -0.397. The fourth-order valence-corrected chi connectivity index (χ4v) is 1.83. The van der Waals surface area contributed by atoms with E-state index in [4.69, 9.17) is 4.74 Å². The van der Waals surface area contributed by atoms with Gasteiger partial charge in [0.15, 0.2) is 0 Å². The molecule has 0 bridgehead atoms. The third-order valence-electron chi connectivity index (χ3n) is 2.55. The molecule has 1 atom stereocenters. The first-order valence-electron chi connectivity index (χ1n) is 5.57. The Kier molecular flexibility index (Phi) is 4.29. The van der Waals surface area contributed by atoms with Crippen molar-refractivity contribution in [3.63, 3.8) is 0 Å². The minimum absolute atomic E-state index is 0.0614. The van der Waals surface area contributed by atoms with Gasteiger partial charge in [-0.05, 0) is 20.9 Å². The fraction of sp³-hybridized carbons (Fsp3) is 0.909. The van der Waals surface area contributed by atoms with Crippen LogP contribution in [-0.4, -0.2) is 72.9 Å². The van der Waals surface area contributed by atoms with E-state index in [1.807, 2.05) is 7.05 Å². The van der Waals surface area contributed by atoms with Crippen molar-refractivity contribution < 1.29 is 14.6 Å². The number of carbonyl (C=O) groups excluding carboxylic acids is 1. The van der Waals surface area contributed by atoms with E-state index in [9.17, 15) is 9.90 Å². The predicted octanol–water partition coefficient (Wildman–Crippen LogP) is -0.454. The molecule has 0 aromatic heterocycles. The van der Waals surface area contributed by atoms with Crippen LogP contribution in [0.2, 0.25) is 0 Å². The smallest absolute Gasteiger partial charge is 0.252 e. The van der Waals surface area contributed by atoms with Crippen LogP contribution < -0.4 is 0 Å². The van der Waals surface area contributed by atoms with E-state index >= 15 is 0 Å². The molecule has 0 saturated carbocycles. The third-order valence-corrected chi connectivity index (χ3v) is 2.55. The summed E-state index contributed by atoms with van der Waals surface area (Å²) in [6.45, 7) is 5.75. The molecule has 5 heteroatoms. The second kappa shape index (κ2) is 5.12. The largest absolute Gasteiger partial charge is 0.389 e. The van der Waals surface area contributed by atoms with Crippen LogP contribution in [0.5, 0.6) is 0 Å². The van der Waals surface area contributed by atoms with Crippen molar-refractivity contribution in [2.45, 2.75) is 25.6 Å². The molecular weight excluding hydrogens is 208 g/mol.